The molecular formula is C23H24N2O3. The zero-order chi connectivity index (χ0) is 19.6. The first-order valence-electron chi connectivity index (χ1n) is 9.38. The van der Waals surface area contributed by atoms with E-state index in [1.54, 1.807) is 6.20 Å². The molecule has 1 N–H and O–H groups in total. The van der Waals surface area contributed by atoms with Gasteiger partial charge in [-0.2, -0.15) is 0 Å². The summed E-state index contributed by atoms with van der Waals surface area (Å²) >= 11 is 0. The normalized spacial score (nSPS) is 10.4. The molecule has 0 unspecified atom stereocenters. The van der Waals surface area contributed by atoms with Crippen LogP contribution in [-0.2, 0) is 11.2 Å². The Bertz CT molecular complexity index is 813. The quantitative estimate of drug-likeness (QED) is 0.555. The molecule has 0 atom stereocenters. The number of para-hydroxylation sites is 1. The minimum absolute atomic E-state index is 0.196. The average molecular weight is 376 g/mol. The van der Waals surface area contributed by atoms with Gasteiger partial charge >= 0.3 is 5.97 Å². The number of carboxylic acids is 1. The number of carbonyl (C=O) groups is 1. The Balaban J connectivity index is 1.56. The molecule has 0 amide bonds. The lowest BCUT2D eigenvalue weighted by molar-refractivity contribution is -0.137. The predicted octanol–water partition coefficient (Wildman–Crippen LogP) is 4.71. The van der Waals surface area contributed by atoms with E-state index in [0.29, 0.717) is 19.6 Å². The Labute approximate surface area is 165 Å². The molecule has 0 aliphatic heterocycles. The van der Waals surface area contributed by atoms with E-state index in [4.69, 9.17) is 9.84 Å². The smallest absolute Gasteiger partial charge is 0.303 e. The van der Waals surface area contributed by atoms with Gasteiger partial charge in [-0.15, -0.1) is 0 Å². The molecule has 28 heavy (non-hydrogen) atoms. The molecule has 1 heterocycles. The second-order valence-electron chi connectivity index (χ2n) is 6.44. The van der Waals surface area contributed by atoms with Gasteiger partial charge in [-0.05, 0) is 54.8 Å². The second-order valence-corrected chi connectivity index (χ2v) is 6.44. The SMILES string of the molecule is O=C(O)CCCc1ccc(OCCN(c2ccccc2)c2cccnc2)cc1. The number of rotatable bonds is 10. The molecule has 1 aromatic heterocycles. The van der Waals surface area contributed by atoms with Gasteiger partial charge in [-0.25, -0.2) is 0 Å². The first-order chi connectivity index (χ1) is 13.7. The molecule has 0 spiro atoms. The summed E-state index contributed by atoms with van der Waals surface area (Å²) in [6.45, 7) is 1.22. The first kappa shape index (κ1) is 19.4. The third kappa shape index (κ3) is 5.84. The van der Waals surface area contributed by atoms with Crippen molar-refractivity contribution in [3.63, 3.8) is 0 Å². The molecule has 2 aromatic carbocycles. The number of nitrogens with zero attached hydrogens (tertiary/aromatic N) is 2. The van der Waals surface area contributed by atoms with Crippen molar-refractivity contribution in [1.29, 1.82) is 0 Å². The van der Waals surface area contributed by atoms with Crippen LogP contribution in [0.15, 0.2) is 79.1 Å². The van der Waals surface area contributed by atoms with Gasteiger partial charge in [0.2, 0.25) is 0 Å². The highest BCUT2D eigenvalue weighted by Crippen LogP contribution is 2.24. The predicted molar refractivity (Wildman–Crippen MR) is 110 cm³/mol. The molecule has 144 valence electrons. The summed E-state index contributed by atoms with van der Waals surface area (Å²) in [7, 11) is 0. The average Bonchev–Trinajstić information content (AvgIpc) is 2.73. The van der Waals surface area contributed by atoms with Crippen molar-refractivity contribution in [3.05, 3.63) is 84.7 Å². The van der Waals surface area contributed by atoms with Crippen LogP contribution in [0.2, 0.25) is 0 Å². The number of anilines is 2. The van der Waals surface area contributed by atoms with E-state index in [2.05, 4.69) is 22.0 Å². The fraction of sp³-hybridized carbons (Fsp3) is 0.217. The first-order valence-corrected chi connectivity index (χ1v) is 9.38. The van der Waals surface area contributed by atoms with Crippen LogP contribution in [0, 0.1) is 0 Å². The molecule has 0 saturated heterocycles. The van der Waals surface area contributed by atoms with Crippen LogP contribution < -0.4 is 9.64 Å². The number of ether oxygens (including phenoxy) is 1. The highest BCUT2D eigenvalue weighted by atomic mass is 16.5. The zero-order valence-electron chi connectivity index (χ0n) is 15.7. The Kier molecular flexibility index (Phi) is 7.01. The summed E-state index contributed by atoms with van der Waals surface area (Å²) in [5.74, 6) is 0.0534. The monoisotopic (exact) mass is 376 g/mol. The molecule has 0 aliphatic rings. The van der Waals surface area contributed by atoms with Gasteiger partial charge in [-0.1, -0.05) is 30.3 Å². The topological polar surface area (TPSA) is 62.7 Å². The van der Waals surface area contributed by atoms with Crippen LogP contribution in [0.4, 0.5) is 11.4 Å². The van der Waals surface area contributed by atoms with Crippen molar-refractivity contribution in [2.24, 2.45) is 0 Å². The summed E-state index contributed by atoms with van der Waals surface area (Å²) < 4.78 is 5.92. The van der Waals surface area contributed by atoms with Crippen LogP contribution in [0.3, 0.4) is 0 Å². The Morgan fingerprint density at radius 2 is 1.71 bits per heavy atom. The van der Waals surface area contributed by atoms with E-state index in [-0.39, 0.29) is 6.42 Å². The van der Waals surface area contributed by atoms with Gasteiger partial charge in [0.1, 0.15) is 12.4 Å². The largest absolute Gasteiger partial charge is 0.492 e. The number of benzene rings is 2. The maximum absolute atomic E-state index is 10.6. The molecule has 0 bridgehead atoms. The lowest BCUT2D eigenvalue weighted by Gasteiger charge is -2.24. The molecule has 0 saturated carbocycles. The van der Waals surface area contributed by atoms with Gasteiger partial charge in [-0.3, -0.25) is 9.78 Å². The molecule has 0 radical (unpaired) electrons. The van der Waals surface area contributed by atoms with Crippen LogP contribution >= 0.6 is 0 Å². The summed E-state index contributed by atoms with van der Waals surface area (Å²) in [4.78, 5) is 17.0. The van der Waals surface area contributed by atoms with Crippen molar-refractivity contribution in [1.82, 2.24) is 4.98 Å². The summed E-state index contributed by atoms with van der Waals surface area (Å²) in [5, 5.41) is 8.71. The Hall–Kier alpha value is -3.34. The lowest BCUT2D eigenvalue weighted by atomic mass is 10.1. The van der Waals surface area contributed by atoms with Crippen LogP contribution in [-0.4, -0.2) is 29.2 Å². The third-order valence-corrected chi connectivity index (χ3v) is 4.39. The fourth-order valence-electron chi connectivity index (χ4n) is 2.98. The fourth-order valence-corrected chi connectivity index (χ4v) is 2.98. The zero-order valence-corrected chi connectivity index (χ0v) is 15.7. The van der Waals surface area contributed by atoms with E-state index < -0.39 is 5.97 Å². The summed E-state index contributed by atoms with van der Waals surface area (Å²) in [5.41, 5.74) is 3.23. The van der Waals surface area contributed by atoms with Gasteiger partial charge < -0.3 is 14.7 Å². The van der Waals surface area contributed by atoms with E-state index in [1.807, 2.05) is 60.8 Å². The minimum atomic E-state index is -0.753. The summed E-state index contributed by atoms with van der Waals surface area (Å²) in [6.07, 6.45) is 5.21. The maximum Gasteiger partial charge on any atom is 0.303 e. The van der Waals surface area contributed by atoms with Gasteiger partial charge in [0, 0.05) is 18.3 Å². The Morgan fingerprint density at radius 3 is 2.39 bits per heavy atom. The van der Waals surface area contributed by atoms with Crippen molar-refractivity contribution in [2.45, 2.75) is 19.3 Å². The highest BCUT2D eigenvalue weighted by Gasteiger charge is 2.09. The lowest BCUT2D eigenvalue weighted by Crippen LogP contribution is -2.23. The number of aryl methyl sites for hydroxylation is 1. The number of pyridine rings is 1. The Morgan fingerprint density at radius 1 is 0.964 bits per heavy atom. The molecule has 5 nitrogen and oxygen atoms in total. The van der Waals surface area contributed by atoms with E-state index in [0.717, 1.165) is 29.1 Å². The molecule has 3 aromatic rings. The van der Waals surface area contributed by atoms with Gasteiger partial charge in [0.25, 0.3) is 0 Å². The second kappa shape index (κ2) is 10.1. The highest BCUT2D eigenvalue weighted by molar-refractivity contribution is 5.66. The number of carboxylic acid groups (broad SMARTS) is 1. The van der Waals surface area contributed by atoms with Crippen molar-refractivity contribution in [3.8, 4) is 5.75 Å². The van der Waals surface area contributed by atoms with E-state index in [1.165, 1.54) is 0 Å². The van der Waals surface area contributed by atoms with Crippen LogP contribution in [0.25, 0.3) is 0 Å². The van der Waals surface area contributed by atoms with Crippen molar-refractivity contribution in [2.75, 3.05) is 18.1 Å². The van der Waals surface area contributed by atoms with E-state index >= 15 is 0 Å². The molecule has 0 aliphatic carbocycles. The molecule has 0 fully saturated rings. The van der Waals surface area contributed by atoms with Crippen molar-refractivity contribution >= 4 is 17.3 Å². The van der Waals surface area contributed by atoms with Crippen LogP contribution in [0.1, 0.15) is 18.4 Å². The van der Waals surface area contributed by atoms with Crippen LogP contribution in [0.5, 0.6) is 5.75 Å². The standard InChI is InChI=1S/C23H24N2O3/c26-23(27)10-4-6-19-11-13-22(14-12-19)28-17-16-25(20-7-2-1-3-8-20)21-9-5-15-24-18-21/h1-3,5,7-9,11-15,18H,4,6,10,16-17H2,(H,26,27). The molecule has 5 heteroatoms. The maximum atomic E-state index is 10.6. The summed E-state index contributed by atoms with van der Waals surface area (Å²) in [6, 6.07) is 22.0. The van der Waals surface area contributed by atoms with Gasteiger partial charge in [0.05, 0.1) is 18.4 Å². The van der Waals surface area contributed by atoms with Crippen molar-refractivity contribution < 1.29 is 14.6 Å². The number of aromatic nitrogens is 1. The van der Waals surface area contributed by atoms with E-state index in [9.17, 15) is 4.79 Å². The minimum Gasteiger partial charge on any atom is -0.492 e. The third-order valence-electron chi connectivity index (χ3n) is 4.39. The number of aliphatic carboxylic acids is 1. The molecular weight excluding hydrogens is 352 g/mol. The molecule has 3 rings (SSSR count). The number of hydrogen-bond acceptors (Lipinski definition) is 4. The number of hydrogen-bond donors (Lipinski definition) is 1. The van der Waals surface area contributed by atoms with Gasteiger partial charge in [0.15, 0.2) is 0 Å².